The molecule has 1 aliphatic heterocycles. The highest BCUT2D eigenvalue weighted by atomic mass is 19.1. The Morgan fingerprint density at radius 2 is 1.71 bits per heavy atom. The van der Waals surface area contributed by atoms with Gasteiger partial charge in [-0.3, -0.25) is 14.4 Å². The van der Waals surface area contributed by atoms with Gasteiger partial charge in [-0.05, 0) is 18.6 Å². The van der Waals surface area contributed by atoms with E-state index in [9.17, 15) is 18.8 Å². The first-order valence-corrected chi connectivity index (χ1v) is 5.26. The molecule has 2 rings (SSSR count). The lowest BCUT2D eigenvalue weighted by Gasteiger charge is -2.22. The highest BCUT2D eigenvalue weighted by molar-refractivity contribution is 6.17. The molecule has 1 fully saturated rings. The zero-order chi connectivity index (χ0) is 12.4. The van der Waals surface area contributed by atoms with Crippen LogP contribution >= 0.6 is 0 Å². The number of piperidine rings is 1. The predicted molar refractivity (Wildman–Crippen MR) is 56.4 cm³/mol. The van der Waals surface area contributed by atoms with Crippen molar-refractivity contribution in [1.82, 2.24) is 4.90 Å². The van der Waals surface area contributed by atoms with E-state index in [1.54, 1.807) is 0 Å². The number of nitrogens with zero attached hydrogens (tertiary/aromatic N) is 1. The van der Waals surface area contributed by atoms with Crippen LogP contribution in [0.3, 0.4) is 0 Å². The van der Waals surface area contributed by atoms with Crippen molar-refractivity contribution < 1.29 is 18.8 Å². The highest BCUT2D eigenvalue weighted by Gasteiger charge is 2.33. The van der Waals surface area contributed by atoms with Crippen LogP contribution < -0.4 is 0 Å². The zero-order valence-corrected chi connectivity index (χ0v) is 8.98. The molecule has 1 saturated heterocycles. The van der Waals surface area contributed by atoms with Gasteiger partial charge in [-0.15, -0.1) is 0 Å². The van der Waals surface area contributed by atoms with Gasteiger partial charge < -0.3 is 0 Å². The molecule has 0 unspecified atom stereocenters. The Kier molecular flexibility index (Phi) is 2.99. The predicted octanol–water partition coefficient (Wildman–Crippen LogP) is 1.51. The number of amides is 3. The lowest BCUT2D eigenvalue weighted by atomic mass is 10.1. The Morgan fingerprint density at radius 1 is 1.12 bits per heavy atom. The summed E-state index contributed by atoms with van der Waals surface area (Å²) in [5, 5.41) is 0. The quantitative estimate of drug-likeness (QED) is 0.693. The molecule has 88 valence electrons. The molecule has 1 heterocycles. The molecule has 17 heavy (non-hydrogen) atoms. The molecule has 0 radical (unpaired) electrons. The van der Waals surface area contributed by atoms with Gasteiger partial charge in [0.1, 0.15) is 5.82 Å². The van der Waals surface area contributed by atoms with E-state index < -0.39 is 23.5 Å². The van der Waals surface area contributed by atoms with E-state index in [4.69, 9.17) is 0 Å². The average Bonchev–Trinajstić information content (AvgIpc) is 2.29. The summed E-state index contributed by atoms with van der Waals surface area (Å²) in [5.41, 5.74) is -0.254. The summed E-state index contributed by atoms with van der Waals surface area (Å²) in [5.74, 6) is -2.73. The minimum Gasteiger partial charge on any atom is -0.274 e. The summed E-state index contributed by atoms with van der Waals surface area (Å²) < 4.78 is 13.4. The molecule has 1 aromatic carbocycles. The number of imide groups is 3. The van der Waals surface area contributed by atoms with Crippen LogP contribution in [0.1, 0.15) is 29.6 Å². The Bertz CT molecular complexity index is 482. The van der Waals surface area contributed by atoms with Crippen LogP contribution in [0.4, 0.5) is 4.39 Å². The molecule has 0 saturated carbocycles. The maximum Gasteiger partial charge on any atom is 0.270 e. The molecule has 0 atom stereocenters. The van der Waals surface area contributed by atoms with Crippen molar-refractivity contribution >= 4 is 17.7 Å². The first-order valence-electron chi connectivity index (χ1n) is 5.26. The number of rotatable bonds is 1. The van der Waals surface area contributed by atoms with E-state index in [0.29, 0.717) is 11.3 Å². The second-order valence-corrected chi connectivity index (χ2v) is 3.76. The molecular formula is C12H10FNO3. The first-order chi connectivity index (χ1) is 8.11. The summed E-state index contributed by atoms with van der Waals surface area (Å²) >= 11 is 0. The van der Waals surface area contributed by atoms with Gasteiger partial charge in [-0.1, -0.05) is 12.1 Å². The fraction of sp³-hybridized carbons (Fsp3) is 0.250. The average molecular weight is 235 g/mol. The lowest BCUT2D eigenvalue weighted by Crippen LogP contribution is -2.44. The molecule has 1 aliphatic rings. The Morgan fingerprint density at radius 3 is 2.29 bits per heavy atom. The molecule has 0 aromatic heterocycles. The van der Waals surface area contributed by atoms with Crippen LogP contribution in [-0.2, 0) is 9.59 Å². The van der Waals surface area contributed by atoms with Crippen LogP contribution in [0.25, 0.3) is 0 Å². The number of hydrogen-bond donors (Lipinski definition) is 0. The van der Waals surface area contributed by atoms with Gasteiger partial charge in [0, 0.05) is 12.8 Å². The fourth-order valence-electron chi connectivity index (χ4n) is 1.74. The molecular weight excluding hydrogens is 225 g/mol. The van der Waals surface area contributed by atoms with Crippen LogP contribution in [0.2, 0.25) is 0 Å². The third-order valence-corrected chi connectivity index (χ3v) is 2.59. The van der Waals surface area contributed by atoms with Gasteiger partial charge in [0.25, 0.3) is 5.91 Å². The molecule has 0 aliphatic carbocycles. The number of hydrogen-bond acceptors (Lipinski definition) is 3. The molecule has 3 amide bonds. The second-order valence-electron chi connectivity index (χ2n) is 3.76. The monoisotopic (exact) mass is 235 g/mol. The smallest absolute Gasteiger partial charge is 0.270 e. The van der Waals surface area contributed by atoms with Crippen LogP contribution in [0, 0.1) is 5.82 Å². The lowest BCUT2D eigenvalue weighted by molar-refractivity contribution is -0.144. The van der Waals surface area contributed by atoms with Crippen LogP contribution in [-0.4, -0.2) is 22.6 Å². The van der Waals surface area contributed by atoms with E-state index >= 15 is 0 Å². The summed E-state index contributed by atoms with van der Waals surface area (Å²) in [6.45, 7) is 0. The van der Waals surface area contributed by atoms with Crippen molar-refractivity contribution in [3.05, 3.63) is 35.6 Å². The van der Waals surface area contributed by atoms with Gasteiger partial charge in [0.05, 0.1) is 5.56 Å². The van der Waals surface area contributed by atoms with E-state index in [1.165, 1.54) is 18.2 Å². The topological polar surface area (TPSA) is 54.5 Å². The maximum atomic E-state index is 13.4. The van der Waals surface area contributed by atoms with Crippen molar-refractivity contribution in [2.75, 3.05) is 0 Å². The standard InChI is InChI=1S/C12H10FNO3/c13-9-5-2-1-4-8(9)12(17)14-10(15)6-3-7-11(14)16/h1-2,4-5H,3,6-7H2. The van der Waals surface area contributed by atoms with Gasteiger partial charge in [-0.25, -0.2) is 9.29 Å². The molecule has 0 bridgehead atoms. The Labute approximate surface area is 97.0 Å². The first kappa shape index (κ1) is 11.4. The third-order valence-electron chi connectivity index (χ3n) is 2.59. The normalized spacial score (nSPS) is 16.2. The second kappa shape index (κ2) is 4.45. The summed E-state index contributed by atoms with van der Waals surface area (Å²) in [4.78, 5) is 35.4. The number of carbonyl (C=O) groups is 3. The van der Waals surface area contributed by atoms with Crippen molar-refractivity contribution in [3.8, 4) is 0 Å². The van der Waals surface area contributed by atoms with Gasteiger partial charge in [0.2, 0.25) is 11.8 Å². The summed E-state index contributed by atoms with van der Waals surface area (Å²) in [6, 6.07) is 5.29. The third kappa shape index (κ3) is 2.08. The van der Waals surface area contributed by atoms with Crippen molar-refractivity contribution in [2.24, 2.45) is 0 Å². The molecule has 4 nitrogen and oxygen atoms in total. The van der Waals surface area contributed by atoms with Crippen molar-refractivity contribution in [2.45, 2.75) is 19.3 Å². The zero-order valence-electron chi connectivity index (χ0n) is 8.98. The van der Waals surface area contributed by atoms with Gasteiger partial charge in [0.15, 0.2) is 0 Å². The van der Waals surface area contributed by atoms with E-state index in [0.717, 1.165) is 6.07 Å². The summed E-state index contributed by atoms with van der Waals surface area (Å²) in [7, 11) is 0. The Balaban J connectivity index is 2.34. The minimum absolute atomic E-state index is 0.145. The number of carbonyl (C=O) groups excluding carboxylic acids is 3. The molecule has 0 N–H and O–H groups in total. The van der Waals surface area contributed by atoms with Crippen molar-refractivity contribution in [1.29, 1.82) is 0 Å². The fourth-order valence-corrected chi connectivity index (χ4v) is 1.74. The SMILES string of the molecule is O=C1CCCC(=O)N1C(=O)c1ccccc1F. The van der Waals surface area contributed by atoms with Gasteiger partial charge >= 0.3 is 0 Å². The Hall–Kier alpha value is -2.04. The van der Waals surface area contributed by atoms with Crippen LogP contribution in [0.15, 0.2) is 24.3 Å². The van der Waals surface area contributed by atoms with E-state index in [1.807, 2.05) is 0 Å². The molecule has 0 spiro atoms. The number of likely N-dealkylation sites (tertiary alicyclic amines) is 1. The highest BCUT2D eigenvalue weighted by Crippen LogP contribution is 2.17. The number of halogens is 1. The molecule has 1 aromatic rings. The van der Waals surface area contributed by atoms with Gasteiger partial charge in [-0.2, -0.15) is 0 Å². The van der Waals surface area contributed by atoms with Crippen molar-refractivity contribution in [3.63, 3.8) is 0 Å². The number of benzene rings is 1. The maximum absolute atomic E-state index is 13.4. The van der Waals surface area contributed by atoms with E-state index in [-0.39, 0.29) is 18.4 Å². The largest absolute Gasteiger partial charge is 0.274 e. The van der Waals surface area contributed by atoms with Crippen LogP contribution in [0.5, 0.6) is 0 Å². The molecule has 5 heteroatoms. The minimum atomic E-state index is -0.877. The van der Waals surface area contributed by atoms with E-state index in [2.05, 4.69) is 0 Å². The summed E-state index contributed by atoms with van der Waals surface area (Å²) in [6.07, 6.45) is 0.733.